The van der Waals surface area contributed by atoms with E-state index in [-0.39, 0.29) is 0 Å². The van der Waals surface area contributed by atoms with Gasteiger partial charge in [-0.1, -0.05) is 6.07 Å². The maximum absolute atomic E-state index is 13.5. The Morgan fingerprint density at radius 1 is 1.41 bits per heavy atom. The maximum Gasteiger partial charge on any atom is 0.130 e. The van der Waals surface area contributed by atoms with Gasteiger partial charge < -0.3 is 5.73 Å². The fourth-order valence-corrected chi connectivity index (χ4v) is 2.25. The van der Waals surface area contributed by atoms with Gasteiger partial charge in [-0.3, -0.25) is 4.90 Å². The van der Waals surface area contributed by atoms with Crippen LogP contribution in [-0.4, -0.2) is 24.5 Å². The molecule has 0 saturated heterocycles. The molecule has 4 heteroatoms. The van der Waals surface area contributed by atoms with Crippen molar-refractivity contribution in [2.24, 2.45) is 11.7 Å². The summed E-state index contributed by atoms with van der Waals surface area (Å²) >= 11 is 0. The molecule has 0 heterocycles. The summed E-state index contributed by atoms with van der Waals surface area (Å²) in [6.07, 6.45) is 2.41. The fourth-order valence-electron chi connectivity index (χ4n) is 2.25. The zero-order chi connectivity index (χ0) is 12.4. The molecule has 1 aromatic rings. The Hall–Kier alpha value is -1.00. The Labute approximate surface area is 100 Å². The van der Waals surface area contributed by atoms with Gasteiger partial charge in [0.1, 0.15) is 11.6 Å². The molecule has 0 bridgehead atoms. The second-order valence-electron chi connectivity index (χ2n) is 4.79. The summed E-state index contributed by atoms with van der Waals surface area (Å²) in [5.74, 6) is -0.372. The second-order valence-corrected chi connectivity index (χ2v) is 4.79. The predicted octanol–water partition coefficient (Wildman–Crippen LogP) is 2.13. The molecule has 0 aromatic heterocycles. The first-order valence-electron chi connectivity index (χ1n) is 5.96. The van der Waals surface area contributed by atoms with Crippen molar-refractivity contribution in [1.82, 2.24) is 4.90 Å². The van der Waals surface area contributed by atoms with Gasteiger partial charge in [0, 0.05) is 30.8 Å². The molecule has 94 valence electrons. The van der Waals surface area contributed by atoms with Crippen LogP contribution in [0.4, 0.5) is 8.78 Å². The largest absolute Gasteiger partial charge is 0.329 e. The third kappa shape index (κ3) is 3.01. The van der Waals surface area contributed by atoms with Gasteiger partial charge in [-0.25, -0.2) is 8.78 Å². The molecule has 1 aliphatic carbocycles. The van der Waals surface area contributed by atoms with Gasteiger partial charge in [0.25, 0.3) is 0 Å². The molecule has 1 fully saturated rings. The first kappa shape index (κ1) is 12.5. The van der Waals surface area contributed by atoms with Crippen molar-refractivity contribution in [1.29, 1.82) is 0 Å². The molecule has 17 heavy (non-hydrogen) atoms. The third-order valence-corrected chi connectivity index (χ3v) is 3.41. The number of nitrogens with two attached hydrogens (primary N) is 1. The second kappa shape index (κ2) is 5.10. The van der Waals surface area contributed by atoms with E-state index in [1.165, 1.54) is 25.0 Å². The summed E-state index contributed by atoms with van der Waals surface area (Å²) in [6.45, 7) is 1.06. The van der Waals surface area contributed by atoms with Crippen LogP contribution in [0.1, 0.15) is 18.4 Å². The Kier molecular flexibility index (Phi) is 3.74. The highest BCUT2D eigenvalue weighted by atomic mass is 19.1. The lowest BCUT2D eigenvalue weighted by atomic mass is 10.1. The number of hydrogen-bond donors (Lipinski definition) is 1. The SMILES string of the molecule is CN(Cc1ccc(F)cc1F)C(CN)C1CC1. The van der Waals surface area contributed by atoms with Gasteiger partial charge >= 0.3 is 0 Å². The maximum atomic E-state index is 13.5. The van der Waals surface area contributed by atoms with Crippen molar-refractivity contribution in [3.63, 3.8) is 0 Å². The number of nitrogens with zero attached hydrogens (tertiary/aromatic N) is 1. The van der Waals surface area contributed by atoms with Gasteiger partial charge in [0.2, 0.25) is 0 Å². The summed E-state index contributed by atoms with van der Waals surface area (Å²) in [5.41, 5.74) is 6.26. The molecule has 2 N–H and O–H groups in total. The molecule has 1 saturated carbocycles. The van der Waals surface area contributed by atoms with Gasteiger partial charge in [-0.2, -0.15) is 0 Å². The minimum absolute atomic E-state index is 0.305. The molecule has 0 spiro atoms. The van der Waals surface area contributed by atoms with Crippen molar-refractivity contribution in [2.45, 2.75) is 25.4 Å². The Balaban J connectivity index is 2.03. The van der Waals surface area contributed by atoms with Crippen LogP contribution >= 0.6 is 0 Å². The van der Waals surface area contributed by atoms with Crippen LogP contribution in [0.3, 0.4) is 0 Å². The number of benzene rings is 1. The van der Waals surface area contributed by atoms with Crippen molar-refractivity contribution in [3.8, 4) is 0 Å². The van der Waals surface area contributed by atoms with Crippen molar-refractivity contribution < 1.29 is 8.78 Å². The highest BCUT2D eigenvalue weighted by molar-refractivity contribution is 5.18. The quantitative estimate of drug-likeness (QED) is 0.854. The molecule has 0 radical (unpaired) electrons. The Morgan fingerprint density at radius 2 is 2.12 bits per heavy atom. The average Bonchev–Trinajstić information content (AvgIpc) is 3.08. The number of halogens is 2. The summed E-state index contributed by atoms with van der Waals surface area (Å²) in [6, 6.07) is 4.03. The van der Waals surface area contributed by atoms with Crippen LogP contribution in [0.2, 0.25) is 0 Å². The average molecular weight is 240 g/mol. The lowest BCUT2D eigenvalue weighted by Gasteiger charge is -2.27. The molecule has 0 aliphatic heterocycles. The highest BCUT2D eigenvalue weighted by Crippen LogP contribution is 2.35. The van der Waals surface area contributed by atoms with E-state index in [2.05, 4.69) is 4.90 Å². The summed E-state index contributed by atoms with van der Waals surface area (Å²) in [4.78, 5) is 2.06. The normalized spacial score (nSPS) is 17.5. The monoisotopic (exact) mass is 240 g/mol. The van der Waals surface area contributed by atoms with E-state index in [9.17, 15) is 8.78 Å². The molecular weight excluding hydrogens is 222 g/mol. The van der Waals surface area contributed by atoms with Crippen molar-refractivity contribution in [2.75, 3.05) is 13.6 Å². The topological polar surface area (TPSA) is 29.3 Å². The van der Waals surface area contributed by atoms with Crippen LogP contribution in [0, 0.1) is 17.6 Å². The minimum Gasteiger partial charge on any atom is -0.329 e. The van der Waals surface area contributed by atoms with E-state index in [0.717, 1.165) is 6.07 Å². The fraction of sp³-hybridized carbons (Fsp3) is 0.538. The third-order valence-electron chi connectivity index (χ3n) is 3.41. The van der Waals surface area contributed by atoms with Gasteiger partial charge in [-0.15, -0.1) is 0 Å². The zero-order valence-corrected chi connectivity index (χ0v) is 10.00. The van der Waals surface area contributed by atoms with Crippen LogP contribution in [0.15, 0.2) is 18.2 Å². The van der Waals surface area contributed by atoms with E-state index < -0.39 is 11.6 Å². The van der Waals surface area contributed by atoms with Crippen LogP contribution in [0.5, 0.6) is 0 Å². The first-order valence-corrected chi connectivity index (χ1v) is 5.96. The molecule has 2 nitrogen and oxygen atoms in total. The van der Waals surface area contributed by atoms with E-state index >= 15 is 0 Å². The van der Waals surface area contributed by atoms with Crippen molar-refractivity contribution >= 4 is 0 Å². The number of rotatable bonds is 5. The van der Waals surface area contributed by atoms with E-state index in [1.807, 2.05) is 7.05 Å². The number of hydrogen-bond acceptors (Lipinski definition) is 2. The number of likely N-dealkylation sites (N-methyl/N-ethyl adjacent to an activating group) is 1. The molecule has 1 atom stereocenters. The molecule has 1 unspecified atom stereocenters. The Morgan fingerprint density at radius 3 is 2.65 bits per heavy atom. The summed E-state index contributed by atoms with van der Waals surface area (Å²) in [7, 11) is 1.94. The minimum atomic E-state index is -0.536. The highest BCUT2D eigenvalue weighted by Gasteiger charge is 2.32. The predicted molar refractivity (Wildman–Crippen MR) is 63.4 cm³/mol. The lowest BCUT2D eigenvalue weighted by Crippen LogP contribution is -2.39. The van der Waals surface area contributed by atoms with Crippen LogP contribution in [0.25, 0.3) is 0 Å². The van der Waals surface area contributed by atoms with Crippen LogP contribution in [-0.2, 0) is 6.54 Å². The lowest BCUT2D eigenvalue weighted by molar-refractivity contribution is 0.213. The van der Waals surface area contributed by atoms with Crippen LogP contribution < -0.4 is 5.73 Å². The van der Waals surface area contributed by atoms with E-state index in [0.29, 0.717) is 30.6 Å². The molecular formula is C13H18F2N2. The molecule has 0 amide bonds. The summed E-state index contributed by atoms with van der Waals surface area (Å²) in [5, 5.41) is 0. The molecule has 1 aliphatic rings. The molecule has 1 aromatic carbocycles. The first-order chi connectivity index (χ1) is 8.11. The van der Waals surface area contributed by atoms with Crippen molar-refractivity contribution in [3.05, 3.63) is 35.4 Å². The zero-order valence-electron chi connectivity index (χ0n) is 10.00. The standard InChI is InChI=1S/C13H18F2N2/c1-17(13(7-16)9-2-3-9)8-10-4-5-11(14)6-12(10)15/h4-6,9,13H,2-3,7-8,16H2,1H3. The van der Waals surface area contributed by atoms with E-state index in [4.69, 9.17) is 5.73 Å². The molecule has 2 rings (SSSR count). The van der Waals surface area contributed by atoms with Gasteiger partial charge in [0.05, 0.1) is 0 Å². The van der Waals surface area contributed by atoms with Gasteiger partial charge in [-0.05, 0) is 31.9 Å². The Bertz CT molecular complexity index is 391. The smallest absolute Gasteiger partial charge is 0.130 e. The van der Waals surface area contributed by atoms with Gasteiger partial charge in [0.15, 0.2) is 0 Å². The van der Waals surface area contributed by atoms with E-state index in [1.54, 1.807) is 0 Å². The summed E-state index contributed by atoms with van der Waals surface area (Å²) < 4.78 is 26.3.